The normalized spacial score (nSPS) is 14.6. The molecule has 0 amide bonds. The van der Waals surface area contributed by atoms with Gasteiger partial charge in [-0.1, -0.05) is 6.07 Å². The van der Waals surface area contributed by atoms with Gasteiger partial charge in [0.05, 0.1) is 22.1 Å². The Bertz CT molecular complexity index is 716. The van der Waals surface area contributed by atoms with E-state index in [2.05, 4.69) is 15.9 Å². The van der Waals surface area contributed by atoms with Crippen molar-refractivity contribution in [3.05, 3.63) is 28.9 Å². The maximum atomic E-state index is 12.3. The van der Waals surface area contributed by atoms with Crippen LogP contribution in [0.5, 0.6) is 5.75 Å². The zero-order chi connectivity index (χ0) is 16.7. The van der Waals surface area contributed by atoms with Crippen LogP contribution in [-0.4, -0.2) is 23.3 Å². The summed E-state index contributed by atoms with van der Waals surface area (Å²) in [6, 6.07) is 4.85. The fraction of sp³-hybridized carbons (Fsp3) is 0.357. The molecular formula is C14H16BrNO3. The molecular weight excluding hydrogens is 310 g/mol. The van der Waals surface area contributed by atoms with Gasteiger partial charge in [0.2, 0.25) is 0 Å². The smallest absolute Gasteiger partial charge is 0.419 e. The van der Waals surface area contributed by atoms with Crippen LogP contribution in [0.1, 0.15) is 24.9 Å². The van der Waals surface area contributed by atoms with Crippen molar-refractivity contribution in [2.75, 3.05) is 7.04 Å². The lowest BCUT2D eigenvalue weighted by Crippen LogP contribution is -2.26. The average Bonchev–Trinajstić information content (AvgIpc) is 2.64. The predicted octanol–water partition coefficient (Wildman–Crippen LogP) is 4.20. The molecule has 1 aromatic carbocycles. The first-order valence-electron chi connectivity index (χ1n) is 7.20. The van der Waals surface area contributed by atoms with E-state index in [0.29, 0.717) is 15.4 Å². The summed E-state index contributed by atoms with van der Waals surface area (Å²) >= 11 is 3.33. The minimum absolute atomic E-state index is 0.173. The van der Waals surface area contributed by atoms with Gasteiger partial charge in [0, 0.05) is 10.7 Å². The largest absolute Gasteiger partial charge is 0.496 e. The molecule has 2 rings (SSSR count). The summed E-state index contributed by atoms with van der Waals surface area (Å²) in [5.41, 5.74) is -0.129. The first-order chi connectivity index (χ1) is 9.98. The van der Waals surface area contributed by atoms with Crippen molar-refractivity contribution >= 4 is 32.9 Å². The highest BCUT2D eigenvalue weighted by Crippen LogP contribution is 2.34. The number of ether oxygens (including phenoxy) is 2. The molecule has 0 atom stereocenters. The molecule has 0 aliphatic rings. The summed E-state index contributed by atoms with van der Waals surface area (Å²) in [5.74, 6) is 0.173. The van der Waals surface area contributed by atoms with E-state index < -0.39 is 18.7 Å². The Hall–Kier alpha value is -1.49. The summed E-state index contributed by atoms with van der Waals surface area (Å²) < 4.78 is 33.9. The zero-order valence-electron chi connectivity index (χ0n) is 13.9. The lowest BCUT2D eigenvalue weighted by atomic mass is 10.2. The summed E-state index contributed by atoms with van der Waals surface area (Å²) in [4.78, 5) is 12.3. The SMILES string of the molecule is [2H]C([2H])([2H])Oc1cccc2c1c(Br)cn2C(=O)OC(C)(C)C. The number of carbonyl (C=O) groups is 1. The number of fused-ring (bicyclic) bond motifs is 1. The first-order valence-corrected chi connectivity index (χ1v) is 6.49. The minimum atomic E-state index is -2.57. The fourth-order valence-corrected chi connectivity index (χ4v) is 2.36. The second kappa shape index (κ2) is 4.89. The van der Waals surface area contributed by atoms with Crippen molar-refractivity contribution in [2.45, 2.75) is 26.4 Å². The molecule has 0 bridgehead atoms. The molecule has 0 aliphatic heterocycles. The van der Waals surface area contributed by atoms with E-state index in [1.807, 2.05) is 0 Å². The van der Waals surface area contributed by atoms with Crippen molar-refractivity contribution in [2.24, 2.45) is 0 Å². The number of halogens is 1. The van der Waals surface area contributed by atoms with Crippen LogP contribution in [0.4, 0.5) is 4.79 Å². The Balaban J connectivity index is 2.52. The van der Waals surface area contributed by atoms with Gasteiger partial charge in [0.15, 0.2) is 0 Å². The third kappa shape index (κ3) is 2.76. The van der Waals surface area contributed by atoms with Gasteiger partial charge in [-0.15, -0.1) is 0 Å². The lowest BCUT2D eigenvalue weighted by Gasteiger charge is -2.19. The second-order valence-electron chi connectivity index (χ2n) is 5.08. The number of hydrogen-bond acceptors (Lipinski definition) is 3. The number of carbonyl (C=O) groups excluding carboxylic acids is 1. The van der Waals surface area contributed by atoms with Gasteiger partial charge in [-0.25, -0.2) is 4.79 Å². The third-order valence-electron chi connectivity index (χ3n) is 2.45. The second-order valence-corrected chi connectivity index (χ2v) is 5.93. The predicted molar refractivity (Wildman–Crippen MR) is 77.8 cm³/mol. The molecule has 5 heteroatoms. The van der Waals surface area contributed by atoms with Crippen molar-refractivity contribution < 1.29 is 18.4 Å². The van der Waals surface area contributed by atoms with Crippen LogP contribution >= 0.6 is 15.9 Å². The zero-order valence-corrected chi connectivity index (χ0v) is 12.4. The molecule has 0 radical (unpaired) electrons. The van der Waals surface area contributed by atoms with Crippen LogP contribution in [0.25, 0.3) is 10.9 Å². The average molecular weight is 329 g/mol. The quantitative estimate of drug-likeness (QED) is 0.787. The van der Waals surface area contributed by atoms with E-state index in [1.54, 1.807) is 39.0 Å². The van der Waals surface area contributed by atoms with Crippen molar-refractivity contribution in [1.29, 1.82) is 0 Å². The third-order valence-corrected chi connectivity index (χ3v) is 3.05. The molecule has 0 N–H and O–H groups in total. The number of rotatable bonds is 1. The number of benzene rings is 1. The Morgan fingerprint density at radius 3 is 2.79 bits per heavy atom. The number of hydrogen-bond donors (Lipinski definition) is 0. The fourth-order valence-electron chi connectivity index (χ4n) is 1.75. The van der Waals surface area contributed by atoms with E-state index in [-0.39, 0.29) is 5.75 Å². The maximum Gasteiger partial charge on any atom is 0.419 e. The topological polar surface area (TPSA) is 40.5 Å². The Morgan fingerprint density at radius 2 is 2.16 bits per heavy atom. The highest BCUT2D eigenvalue weighted by molar-refractivity contribution is 9.10. The molecule has 0 fully saturated rings. The Morgan fingerprint density at radius 1 is 1.42 bits per heavy atom. The van der Waals surface area contributed by atoms with Crippen molar-refractivity contribution in [3.63, 3.8) is 0 Å². The molecule has 1 aromatic heterocycles. The van der Waals surface area contributed by atoms with Crippen LogP contribution < -0.4 is 4.74 Å². The van der Waals surface area contributed by atoms with E-state index in [9.17, 15) is 4.79 Å². The standard InChI is InChI=1S/C14H16BrNO3/c1-14(2,3)19-13(17)16-8-9(15)12-10(16)6-5-7-11(12)18-4/h5-8H,1-4H3/i4D3. The molecule has 1 heterocycles. The summed E-state index contributed by atoms with van der Waals surface area (Å²) in [7, 11) is -2.57. The van der Waals surface area contributed by atoms with Gasteiger partial charge in [-0.3, -0.25) is 4.57 Å². The summed E-state index contributed by atoms with van der Waals surface area (Å²) in [5, 5.41) is 0.504. The van der Waals surface area contributed by atoms with E-state index >= 15 is 0 Å². The molecule has 102 valence electrons. The van der Waals surface area contributed by atoms with Gasteiger partial charge in [0.25, 0.3) is 0 Å². The molecule has 2 aromatic rings. The number of nitrogens with zero attached hydrogens (tertiary/aromatic N) is 1. The van der Waals surface area contributed by atoms with E-state index in [0.717, 1.165) is 0 Å². The molecule has 0 aliphatic carbocycles. The highest BCUT2D eigenvalue weighted by atomic mass is 79.9. The summed E-state index contributed by atoms with van der Waals surface area (Å²) in [6.07, 6.45) is 0.986. The van der Waals surface area contributed by atoms with Crippen molar-refractivity contribution in [3.8, 4) is 5.75 Å². The Labute approximate surface area is 124 Å². The monoisotopic (exact) mass is 328 g/mol. The van der Waals surface area contributed by atoms with Gasteiger partial charge in [-0.05, 0) is 48.8 Å². The van der Waals surface area contributed by atoms with E-state index in [4.69, 9.17) is 13.6 Å². The lowest BCUT2D eigenvalue weighted by molar-refractivity contribution is 0.0544. The van der Waals surface area contributed by atoms with Gasteiger partial charge < -0.3 is 9.47 Å². The van der Waals surface area contributed by atoms with Crippen molar-refractivity contribution in [1.82, 2.24) is 4.57 Å². The maximum absolute atomic E-state index is 12.3. The van der Waals surface area contributed by atoms with Gasteiger partial charge in [-0.2, -0.15) is 0 Å². The highest BCUT2D eigenvalue weighted by Gasteiger charge is 2.21. The van der Waals surface area contributed by atoms with Gasteiger partial charge >= 0.3 is 6.09 Å². The van der Waals surface area contributed by atoms with Crippen LogP contribution in [0.15, 0.2) is 28.9 Å². The van der Waals surface area contributed by atoms with Crippen LogP contribution in [0, 0.1) is 0 Å². The molecule has 0 saturated carbocycles. The molecule has 0 spiro atoms. The Kier molecular flexibility index (Phi) is 2.65. The number of methoxy groups -OCH3 is 1. The minimum Gasteiger partial charge on any atom is -0.496 e. The van der Waals surface area contributed by atoms with Crippen LogP contribution in [0.2, 0.25) is 0 Å². The van der Waals surface area contributed by atoms with Crippen LogP contribution in [0.3, 0.4) is 0 Å². The molecule has 19 heavy (non-hydrogen) atoms. The number of aromatic nitrogens is 1. The van der Waals surface area contributed by atoms with Gasteiger partial charge in [0.1, 0.15) is 11.4 Å². The van der Waals surface area contributed by atoms with Crippen LogP contribution in [-0.2, 0) is 4.74 Å². The molecule has 0 unspecified atom stereocenters. The first kappa shape index (κ1) is 10.3. The summed E-state index contributed by atoms with van der Waals surface area (Å²) in [6.45, 7) is 5.32. The molecule has 0 saturated heterocycles. The molecule has 4 nitrogen and oxygen atoms in total. The van der Waals surface area contributed by atoms with E-state index in [1.165, 1.54) is 10.8 Å².